The number of methoxy groups -OCH3 is 2. The minimum atomic E-state index is -0.704. The van der Waals surface area contributed by atoms with E-state index in [0.717, 1.165) is 21.6 Å². The maximum atomic E-state index is 13.2. The third kappa shape index (κ3) is 5.01. The van der Waals surface area contributed by atoms with Crippen molar-refractivity contribution in [2.45, 2.75) is 20.8 Å². The molecule has 0 unspecified atom stereocenters. The molecule has 2 amide bonds. The lowest BCUT2D eigenvalue weighted by molar-refractivity contribution is -0.120. The van der Waals surface area contributed by atoms with Gasteiger partial charge in [0.25, 0.3) is 11.8 Å². The van der Waals surface area contributed by atoms with Crippen LogP contribution in [0.1, 0.15) is 27.0 Å². The van der Waals surface area contributed by atoms with Gasteiger partial charge >= 0.3 is 5.97 Å². The first-order valence-corrected chi connectivity index (χ1v) is 11.7. The molecule has 0 spiro atoms. The zero-order valence-corrected chi connectivity index (χ0v) is 21.7. The number of carbonyl (C=O) groups is 3. The number of hydrogen-bond donors (Lipinski definition) is 1. The second kappa shape index (κ2) is 10.4. The molecule has 8 nitrogen and oxygen atoms in total. The number of hydrogen-bond acceptors (Lipinski definition) is 7. The highest BCUT2D eigenvalue weighted by Crippen LogP contribution is 2.38. The van der Waals surface area contributed by atoms with Gasteiger partial charge in [0.2, 0.25) is 0 Å². The minimum absolute atomic E-state index is 0.0993. The van der Waals surface area contributed by atoms with E-state index in [1.165, 1.54) is 20.3 Å². The Bertz CT molecular complexity index is 1450. The van der Waals surface area contributed by atoms with Gasteiger partial charge in [-0.3, -0.25) is 9.59 Å². The first kappa shape index (κ1) is 25.8. The van der Waals surface area contributed by atoms with Gasteiger partial charge in [-0.2, -0.15) is 0 Å². The Morgan fingerprint density at radius 1 is 0.865 bits per heavy atom. The van der Waals surface area contributed by atoms with Gasteiger partial charge in [0, 0.05) is 11.8 Å². The van der Waals surface area contributed by atoms with Crippen LogP contribution in [0.4, 0.5) is 11.4 Å². The van der Waals surface area contributed by atoms with Gasteiger partial charge in [-0.15, -0.1) is 0 Å². The number of carbonyl (C=O) groups excluding carboxylic acids is 3. The Morgan fingerprint density at radius 2 is 1.57 bits per heavy atom. The smallest absolute Gasteiger partial charge is 0.343 e. The van der Waals surface area contributed by atoms with E-state index in [2.05, 4.69) is 5.32 Å². The highest BCUT2D eigenvalue weighted by molar-refractivity contribution is 6.53. The lowest BCUT2D eigenvalue weighted by atomic mass is 10.1. The van der Waals surface area contributed by atoms with E-state index < -0.39 is 17.8 Å². The van der Waals surface area contributed by atoms with Gasteiger partial charge in [0.05, 0.1) is 25.5 Å². The molecule has 1 aliphatic rings. The van der Waals surface area contributed by atoms with Crippen molar-refractivity contribution in [1.82, 2.24) is 0 Å². The summed E-state index contributed by atoms with van der Waals surface area (Å²) in [6.45, 7) is 5.79. The van der Waals surface area contributed by atoms with Crippen LogP contribution in [0, 0.1) is 20.8 Å². The number of imide groups is 1. The van der Waals surface area contributed by atoms with Crippen LogP contribution in [0.15, 0.2) is 65.3 Å². The topological polar surface area (TPSA) is 94.2 Å². The summed E-state index contributed by atoms with van der Waals surface area (Å²) in [6, 6.07) is 14.9. The van der Waals surface area contributed by atoms with Gasteiger partial charge in [-0.25, -0.2) is 9.69 Å². The molecule has 3 aromatic carbocycles. The number of rotatable bonds is 7. The predicted octanol–water partition coefficient (Wildman–Crippen LogP) is 5.28. The Hall–Kier alpha value is -4.30. The number of halogens is 1. The molecule has 0 bridgehead atoms. The van der Waals surface area contributed by atoms with E-state index in [0.29, 0.717) is 28.5 Å². The molecule has 0 saturated carbocycles. The van der Waals surface area contributed by atoms with Crippen molar-refractivity contribution in [3.05, 3.63) is 87.6 Å². The zero-order chi connectivity index (χ0) is 26.9. The summed E-state index contributed by atoms with van der Waals surface area (Å²) in [4.78, 5) is 39.7. The summed E-state index contributed by atoms with van der Waals surface area (Å²) in [7, 11) is 2.90. The number of nitrogens with one attached hydrogen (secondary N) is 1. The monoisotopic (exact) mass is 520 g/mol. The third-order valence-corrected chi connectivity index (χ3v) is 6.36. The molecule has 1 N–H and O–H groups in total. The summed E-state index contributed by atoms with van der Waals surface area (Å²) >= 11 is 6.26. The fourth-order valence-corrected chi connectivity index (χ4v) is 4.11. The molecule has 0 fully saturated rings. The number of amides is 2. The average Bonchev–Trinajstić information content (AvgIpc) is 3.09. The summed E-state index contributed by atoms with van der Waals surface area (Å²) in [6.07, 6.45) is 0. The molecular formula is C28H25ClN2O6. The molecule has 0 aromatic heterocycles. The van der Waals surface area contributed by atoms with Crippen molar-refractivity contribution in [3.8, 4) is 17.2 Å². The summed E-state index contributed by atoms with van der Waals surface area (Å²) in [5.74, 6) is -0.632. The molecule has 4 rings (SSSR count). The highest BCUT2D eigenvalue weighted by Gasteiger charge is 2.40. The largest absolute Gasteiger partial charge is 0.497 e. The molecule has 9 heteroatoms. The van der Waals surface area contributed by atoms with Gasteiger partial charge in [0.1, 0.15) is 28.0 Å². The fourth-order valence-electron chi connectivity index (χ4n) is 3.90. The van der Waals surface area contributed by atoms with Crippen LogP contribution in [0.2, 0.25) is 0 Å². The number of anilines is 2. The van der Waals surface area contributed by atoms with Gasteiger partial charge in [0.15, 0.2) is 0 Å². The van der Waals surface area contributed by atoms with Gasteiger partial charge in [-0.1, -0.05) is 17.7 Å². The maximum Gasteiger partial charge on any atom is 0.343 e. The lowest BCUT2D eigenvalue weighted by Gasteiger charge is -2.19. The van der Waals surface area contributed by atoms with Crippen molar-refractivity contribution >= 4 is 40.8 Å². The lowest BCUT2D eigenvalue weighted by Crippen LogP contribution is -2.32. The third-order valence-electron chi connectivity index (χ3n) is 6.01. The molecule has 0 atom stereocenters. The van der Waals surface area contributed by atoms with Gasteiger partial charge in [-0.05, 0) is 79.9 Å². The van der Waals surface area contributed by atoms with Crippen LogP contribution in [0.3, 0.4) is 0 Å². The standard InChI is InChI=1S/C28H25ClN2O6/c1-15-12-16(2)17(3)23(13-15)37-28(34)18-6-8-19(9-7-18)30-25-24(29)26(32)31(27(25)33)21-14-20(35-4)10-11-22(21)36-5/h6-14,30H,1-5H3. The molecule has 0 radical (unpaired) electrons. The number of esters is 1. The van der Waals surface area contributed by atoms with Crippen LogP contribution < -0.4 is 24.4 Å². The minimum Gasteiger partial charge on any atom is -0.497 e. The summed E-state index contributed by atoms with van der Waals surface area (Å²) in [5.41, 5.74) is 3.79. The molecule has 3 aromatic rings. The molecular weight excluding hydrogens is 496 g/mol. The first-order chi connectivity index (χ1) is 17.6. The Kier molecular flexibility index (Phi) is 7.22. The van der Waals surface area contributed by atoms with Crippen LogP contribution in [-0.2, 0) is 9.59 Å². The second-order valence-corrected chi connectivity index (χ2v) is 8.85. The van der Waals surface area contributed by atoms with E-state index >= 15 is 0 Å². The van der Waals surface area contributed by atoms with Crippen LogP contribution in [0.25, 0.3) is 0 Å². The van der Waals surface area contributed by atoms with Crippen LogP contribution in [0.5, 0.6) is 17.2 Å². The fraction of sp³-hybridized carbons (Fsp3) is 0.179. The van der Waals surface area contributed by atoms with Crippen molar-refractivity contribution in [2.75, 3.05) is 24.4 Å². The van der Waals surface area contributed by atoms with Crippen molar-refractivity contribution in [1.29, 1.82) is 0 Å². The summed E-state index contributed by atoms with van der Waals surface area (Å²) < 4.78 is 16.1. The number of benzene rings is 3. The normalized spacial score (nSPS) is 13.2. The molecule has 37 heavy (non-hydrogen) atoms. The van der Waals surface area contributed by atoms with E-state index in [1.807, 2.05) is 32.9 Å². The van der Waals surface area contributed by atoms with Crippen molar-refractivity contribution in [2.24, 2.45) is 0 Å². The zero-order valence-electron chi connectivity index (χ0n) is 21.0. The molecule has 0 aliphatic carbocycles. The molecule has 0 saturated heterocycles. The van der Waals surface area contributed by atoms with E-state index in [-0.39, 0.29) is 16.4 Å². The first-order valence-electron chi connectivity index (χ1n) is 11.3. The Balaban J connectivity index is 1.53. The maximum absolute atomic E-state index is 13.2. The van der Waals surface area contributed by atoms with E-state index in [9.17, 15) is 14.4 Å². The molecule has 1 heterocycles. The van der Waals surface area contributed by atoms with Crippen LogP contribution >= 0.6 is 11.6 Å². The average molecular weight is 521 g/mol. The van der Waals surface area contributed by atoms with Gasteiger partial charge < -0.3 is 19.5 Å². The second-order valence-electron chi connectivity index (χ2n) is 8.47. The van der Waals surface area contributed by atoms with E-state index in [1.54, 1.807) is 36.4 Å². The number of nitrogens with zero attached hydrogens (tertiary/aromatic N) is 1. The van der Waals surface area contributed by atoms with Crippen LogP contribution in [-0.4, -0.2) is 32.0 Å². The Labute approximate surface area is 219 Å². The number of ether oxygens (including phenoxy) is 3. The molecule has 190 valence electrons. The predicted molar refractivity (Wildman–Crippen MR) is 141 cm³/mol. The molecule has 1 aliphatic heterocycles. The highest BCUT2D eigenvalue weighted by atomic mass is 35.5. The SMILES string of the molecule is COc1ccc(OC)c(N2C(=O)C(Cl)=C(Nc3ccc(C(=O)Oc4cc(C)cc(C)c4C)cc3)C2=O)c1. The summed E-state index contributed by atoms with van der Waals surface area (Å²) in [5, 5.41) is 2.61. The van der Waals surface area contributed by atoms with Crippen molar-refractivity contribution in [3.63, 3.8) is 0 Å². The van der Waals surface area contributed by atoms with E-state index in [4.69, 9.17) is 25.8 Å². The Morgan fingerprint density at radius 3 is 2.22 bits per heavy atom. The quantitative estimate of drug-likeness (QED) is 0.257. The number of aryl methyl sites for hydroxylation is 2. The van der Waals surface area contributed by atoms with Crippen molar-refractivity contribution < 1.29 is 28.6 Å².